The molecule has 1 heterocycles. The number of nitrogens with zero attached hydrogens (tertiary/aromatic N) is 1. The second-order valence-corrected chi connectivity index (χ2v) is 5.22. The Balaban J connectivity index is 2.76. The van der Waals surface area contributed by atoms with Crippen LogP contribution in [0.15, 0.2) is 16.7 Å². The van der Waals surface area contributed by atoms with E-state index in [0.29, 0.717) is 12.2 Å². The van der Waals surface area contributed by atoms with Crippen molar-refractivity contribution in [2.24, 2.45) is 0 Å². The molecular formula is C13H17BrN2O5. The zero-order valence-electron chi connectivity index (χ0n) is 11.8. The van der Waals surface area contributed by atoms with Crippen LogP contribution in [0.25, 0.3) is 0 Å². The van der Waals surface area contributed by atoms with E-state index in [1.54, 1.807) is 16.8 Å². The number of aliphatic carboxylic acids is 1. The minimum absolute atomic E-state index is 0.0260. The quantitative estimate of drug-likeness (QED) is 0.716. The third-order valence-corrected chi connectivity index (χ3v) is 3.34. The molecule has 8 heteroatoms. The van der Waals surface area contributed by atoms with Crippen LogP contribution in [-0.2, 0) is 20.9 Å². The zero-order valence-corrected chi connectivity index (χ0v) is 13.3. The number of carbonyl (C=O) groups excluding carboxylic acids is 2. The molecule has 1 atom stereocenters. The van der Waals surface area contributed by atoms with Gasteiger partial charge in [0.15, 0.2) is 0 Å². The molecule has 7 nitrogen and oxygen atoms in total. The fourth-order valence-corrected chi connectivity index (χ4v) is 2.24. The Hall–Kier alpha value is -1.83. The van der Waals surface area contributed by atoms with Crippen LogP contribution in [0.3, 0.4) is 0 Å². The third kappa shape index (κ3) is 4.89. The Morgan fingerprint density at radius 1 is 1.48 bits per heavy atom. The molecule has 0 spiro atoms. The van der Waals surface area contributed by atoms with Crippen molar-refractivity contribution >= 4 is 33.8 Å². The summed E-state index contributed by atoms with van der Waals surface area (Å²) in [6, 6.07) is 0.466. The Labute approximate surface area is 130 Å². The summed E-state index contributed by atoms with van der Waals surface area (Å²) < 4.78 is 6.88. The van der Waals surface area contributed by atoms with Gasteiger partial charge < -0.3 is 19.7 Å². The lowest BCUT2D eigenvalue weighted by Gasteiger charge is -2.14. The van der Waals surface area contributed by atoms with Crippen molar-refractivity contribution in [1.29, 1.82) is 0 Å². The number of hydrogen-bond acceptors (Lipinski definition) is 4. The number of nitrogens with one attached hydrogen (secondary N) is 1. The van der Waals surface area contributed by atoms with Crippen molar-refractivity contribution in [1.82, 2.24) is 9.88 Å². The minimum atomic E-state index is -1.19. The molecule has 0 radical (unpaired) electrons. The Morgan fingerprint density at radius 2 is 2.14 bits per heavy atom. The van der Waals surface area contributed by atoms with Crippen molar-refractivity contribution in [3.8, 4) is 0 Å². The minimum Gasteiger partial charge on any atom is -0.480 e. The molecule has 0 bridgehead atoms. The van der Waals surface area contributed by atoms with Gasteiger partial charge >= 0.3 is 11.9 Å². The highest BCUT2D eigenvalue weighted by molar-refractivity contribution is 9.10. The number of amides is 1. The molecule has 0 saturated heterocycles. The van der Waals surface area contributed by atoms with Crippen LogP contribution in [0.1, 0.15) is 30.3 Å². The van der Waals surface area contributed by atoms with Crippen molar-refractivity contribution < 1.29 is 24.2 Å². The summed E-state index contributed by atoms with van der Waals surface area (Å²) in [4.78, 5) is 34.3. The van der Waals surface area contributed by atoms with Gasteiger partial charge in [-0.1, -0.05) is 0 Å². The molecule has 0 unspecified atom stereocenters. The van der Waals surface area contributed by atoms with Crippen LogP contribution < -0.4 is 5.32 Å². The number of esters is 1. The summed E-state index contributed by atoms with van der Waals surface area (Å²) in [5, 5.41) is 11.5. The number of rotatable bonds is 7. The standard InChI is InChI=1S/C13H17BrN2O5/c1-3-16-7-8(14)6-10(16)12(18)15-9(13(19)20)4-5-11(17)21-2/h6-7,9H,3-5H2,1-2H3,(H,15,18)(H,19,20)/t9-/m0/s1. The lowest BCUT2D eigenvalue weighted by molar-refractivity contribution is -0.142. The SMILES string of the molecule is CCn1cc(Br)cc1C(=O)N[C@@H](CCC(=O)OC)C(=O)O. The zero-order chi connectivity index (χ0) is 16.0. The van der Waals surface area contributed by atoms with Crippen LogP contribution in [-0.4, -0.2) is 40.7 Å². The molecule has 1 amide bonds. The number of carboxylic acid groups (broad SMARTS) is 1. The van der Waals surface area contributed by atoms with Gasteiger partial charge in [-0.15, -0.1) is 0 Å². The Bertz CT molecular complexity index is 541. The highest BCUT2D eigenvalue weighted by Gasteiger charge is 2.23. The Morgan fingerprint density at radius 3 is 2.67 bits per heavy atom. The molecule has 0 aliphatic rings. The topological polar surface area (TPSA) is 97.6 Å². The van der Waals surface area contributed by atoms with Crippen LogP contribution in [0.2, 0.25) is 0 Å². The predicted molar refractivity (Wildman–Crippen MR) is 77.9 cm³/mol. The summed E-state index contributed by atoms with van der Waals surface area (Å²) in [7, 11) is 1.22. The first-order valence-electron chi connectivity index (χ1n) is 6.35. The van der Waals surface area contributed by atoms with Crippen LogP contribution >= 0.6 is 15.9 Å². The fourth-order valence-electron chi connectivity index (χ4n) is 1.78. The Kier molecular flexibility index (Phi) is 6.41. The van der Waals surface area contributed by atoms with Gasteiger partial charge in [-0.3, -0.25) is 9.59 Å². The molecule has 2 N–H and O–H groups in total. The van der Waals surface area contributed by atoms with Crippen molar-refractivity contribution in [3.05, 3.63) is 22.4 Å². The van der Waals surface area contributed by atoms with Gasteiger partial charge in [0.25, 0.3) is 5.91 Å². The predicted octanol–water partition coefficient (Wildman–Crippen LogP) is 1.41. The lowest BCUT2D eigenvalue weighted by atomic mass is 10.1. The van der Waals surface area contributed by atoms with Gasteiger partial charge in [0.2, 0.25) is 0 Å². The maximum atomic E-state index is 12.1. The average Bonchev–Trinajstić information content (AvgIpc) is 2.83. The van der Waals surface area contributed by atoms with Gasteiger partial charge in [-0.05, 0) is 35.3 Å². The van der Waals surface area contributed by atoms with Crippen molar-refractivity contribution in [2.75, 3.05) is 7.11 Å². The molecule has 0 aliphatic heterocycles. The van der Waals surface area contributed by atoms with E-state index in [9.17, 15) is 14.4 Å². The van der Waals surface area contributed by atoms with Crippen LogP contribution in [0.4, 0.5) is 0 Å². The van der Waals surface area contributed by atoms with E-state index >= 15 is 0 Å². The van der Waals surface area contributed by atoms with Gasteiger partial charge in [-0.2, -0.15) is 0 Å². The first-order chi connectivity index (χ1) is 9.88. The molecular weight excluding hydrogens is 344 g/mol. The summed E-state index contributed by atoms with van der Waals surface area (Å²) in [5.74, 6) is -2.21. The molecule has 0 aliphatic carbocycles. The van der Waals surface area contributed by atoms with Crippen molar-refractivity contribution in [2.45, 2.75) is 32.4 Å². The monoisotopic (exact) mass is 360 g/mol. The highest BCUT2D eigenvalue weighted by atomic mass is 79.9. The van der Waals surface area contributed by atoms with Gasteiger partial charge in [0, 0.05) is 23.6 Å². The highest BCUT2D eigenvalue weighted by Crippen LogP contribution is 2.15. The molecule has 0 saturated carbocycles. The number of methoxy groups -OCH3 is 1. The van der Waals surface area contributed by atoms with E-state index in [4.69, 9.17) is 5.11 Å². The van der Waals surface area contributed by atoms with Crippen LogP contribution in [0, 0.1) is 0 Å². The molecule has 0 fully saturated rings. The number of carboxylic acids is 1. The van der Waals surface area contributed by atoms with Crippen LogP contribution in [0.5, 0.6) is 0 Å². The smallest absolute Gasteiger partial charge is 0.326 e. The number of hydrogen-bond donors (Lipinski definition) is 2. The fraction of sp³-hybridized carbons (Fsp3) is 0.462. The average molecular weight is 361 g/mol. The van der Waals surface area contributed by atoms with E-state index < -0.39 is 23.9 Å². The number of aryl methyl sites for hydroxylation is 1. The third-order valence-electron chi connectivity index (χ3n) is 2.90. The first-order valence-corrected chi connectivity index (χ1v) is 7.14. The molecule has 1 aromatic heterocycles. The number of carbonyl (C=O) groups is 3. The number of aromatic nitrogens is 1. The van der Waals surface area contributed by atoms with Gasteiger partial charge in [-0.25, -0.2) is 4.79 Å². The second-order valence-electron chi connectivity index (χ2n) is 4.31. The summed E-state index contributed by atoms with van der Waals surface area (Å²) in [5.41, 5.74) is 0.355. The molecule has 1 aromatic rings. The maximum absolute atomic E-state index is 12.1. The van der Waals surface area contributed by atoms with Gasteiger partial charge in [0.05, 0.1) is 7.11 Å². The van der Waals surface area contributed by atoms with Gasteiger partial charge in [0.1, 0.15) is 11.7 Å². The molecule has 116 valence electrons. The first kappa shape index (κ1) is 17.2. The number of ether oxygens (including phenoxy) is 1. The largest absolute Gasteiger partial charge is 0.480 e. The molecule has 1 rings (SSSR count). The van der Waals surface area contributed by atoms with E-state index in [1.165, 1.54) is 7.11 Å². The van der Waals surface area contributed by atoms with E-state index in [2.05, 4.69) is 26.0 Å². The second kappa shape index (κ2) is 7.82. The molecule has 21 heavy (non-hydrogen) atoms. The summed E-state index contributed by atoms with van der Waals surface area (Å²) >= 11 is 3.27. The van der Waals surface area contributed by atoms with Crippen molar-refractivity contribution in [3.63, 3.8) is 0 Å². The number of halogens is 1. The van der Waals surface area contributed by atoms with E-state index in [0.717, 1.165) is 4.47 Å². The van der Waals surface area contributed by atoms with E-state index in [1.807, 2.05) is 6.92 Å². The molecule has 0 aromatic carbocycles. The summed E-state index contributed by atoms with van der Waals surface area (Å²) in [6.07, 6.45) is 1.63. The normalized spacial score (nSPS) is 11.8. The van der Waals surface area contributed by atoms with E-state index in [-0.39, 0.29) is 12.8 Å². The lowest BCUT2D eigenvalue weighted by Crippen LogP contribution is -2.41. The summed E-state index contributed by atoms with van der Waals surface area (Å²) in [6.45, 7) is 2.45. The maximum Gasteiger partial charge on any atom is 0.326 e.